The molecule has 0 aromatic heterocycles. The molecule has 1 unspecified atom stereocenters. The van der Waals surface area contributed by atoms with Crippen molar-refractivity contribution in [1.29, 1.82) is 0 Å². The molecule has 1 fully saturated rings. The fourth-order valence-electron chi connectivity index (χ4n) is 0.673. The molecule has 0 spiro atoms. The van der Waals surface area contributed by atoms with Gasteiger partial charge in [0, 0.05) is 6.04 Å². The second-order valence-corrected chi connectivity index (χ2v) is 2.29. The lowest BCUT2D eigenvalue weighted by Gasteiger charge is -2.01. The van der Waals surface area contributed by atoms with E-state index < -0.39 is 0 Å². The Balaban J connectivity index is 0.000000236. The first-order valence-electron chi connectivity index (χ1n) is 3.20. The van der Waals surface area contributed by atoms with E-state index in [1.807, 2.05) is 0 Å². The molecule has 0 heterocycles. The largest absolute Gasteiger partial charge is 0.483 e. The highest BCUT2D eigenvalue weighted by Gasteiger charge is 2.27. The molecule has 1 saturated carbocycles. The molecule has 0 aliphatic heterocycles. The first-order chi connectivity index (χ1) is 4.76. The summed E-state index contributed by atoms with van der Waals surface area (Å²) in [5, 5.41) is 15.3. The number of nitrogens with two attached hydrogens (primary N) is 1. The molecule has 60 valence electrons. The van der Waals surface area contributed by atoms with Crippen molar-refractivity contribution < 1.29 is 15.0 Å². The van der Waals surface area contributed by atoms with Crippen molar-refractivity contribution in [3.8, 4) is 0 Å². The Labute approximate surface area is 59.7 Å². The van der Waals surface area contributed by atoms with Crippen LogP contribution < -0.4 is 5.73 Å². The smallest absolute Gasteiger partial charge is 0.290 e. The summed E-state index contributed by atoms with van der Waals surface area (Å²) in [5.74, 6) is 0.644. The first-order valence-corrected chi connectivity index (χ1v) is 3.20. The third kappa shape index (κ3) is 4.29. The minimum Gasteiger partial charge on any atom is -0.483 e. The van der Waals surface area contributed by atoms with Gasteiger partial charge in [-0.25, -0.2) is 0 Å². The van der Waals surface area contributed by atoms with Gasteiger partial charge >= 0.3 is 0 Å². The van der Waals surface area contributed by atoms with Crippen LogP contribution in [0.5, 0.6) is 0 Å². The Hall–Kier alpha value is -0.610. The maximum Gasteiger partial charge on any atom is 0.290 e. The Kier molecular flexibility index (Phi) is 4.88. The van der Waals surface area contributed by atoms with Crippen molar-refractivity contribution in [2.45, 2.75) is 18.9 Å². The fourth-order valence-corrected chi connectivity index (χ4v) is 0.673. The second-order valence-electron chi connectivity index (χ2n) is 2.29. The predicted molar refractivity (Wildman–Crippen MR) is 36.5 cm³/mol. The van der Waals surface area contributed by atoms with E-state index in [9.17, 15) is 0 Å². The highest BCUT2D eigenvalue weighted by atomic mass is 16.3. The maximum absolute atomic E-state index is 8.42. The summed E-state index contributed by atoms with van der Waals surface area (Å²) in [5.41, 5.74) is 5.43. The fraction of sp³-hybridized carbons (Fsp3) is 0.833. The second kappa shape index (κ2) is 5.20. The zero-order valence-electron chi connectivity index (χ0n) is 5.73. The molecular weight excluding hydrogens is 134 g/mol. The Morgan fingerprint density at radius 1 is 1.70 bits per heavy atom. The molecule has 1 aliphatic carbocycles. The molecule has 1 atom stereocenters. The van der Waals surface area contributed by atoms with E-state index >= 15 is 0 Å². The lowest BCUT2D eigenvalue weighted by atomic mass is 10.2. The van der Waals surface area contributed by atoms with Gasteiger partial charge in [-0.2, -0.15) is 0 Å². The van der Waals surface area contributed by atoms with Gasteiger partial charge < -0.3 is 15.9 Å². The van der Waals surface area contributed by atoms with Crippen molar-refractivity contribution in [3.05, 3.63) is 0 Å². The first kappa shape index (κ1) is 9.39. The molecule has 0 aromatic carbocycles. The van der Waals surface area contributed by atoms with E-state index in [1.54, 1.807) is 0 Å². The normalized spacial score (nSPS) is 18.6. The summed E-state index contributed by atoms with van der Waals surface area (Å²) in [7, 11) is 0. The van der Waals surface area contributed by atoms with Gasteiger partial charge in [-0.1, -0.05) is 0 Å². The number of aliphatic hydroxyl groups is 1. The lowest BCUT2D eigenvalue weighted by Crippen LogP contribution is -2.26. The van der Waals surface area contributed by atoms with Crippen LogP contribution in [-0.2, 0) is 4.79 Å². The standard InChI is InChI=1S/C5H11NO.CH2O2/c6-5(3-7)4-1-2-4;2-1-3/h4-5,7H,1-3,6H2;1H,(H,2,3). The lowest BCUT2D eigenvalue weighted by molar-refractivity contribution is -0.122. The molecule has 0 radical (unpaired) electrons. The molecule has 4 N–H and O–H groups in total. The van der Waals surface area contributed by atoms with Gasteiger partial charge in [0.25, 0.3) is 6.47 Å². The Morgan fingerprint density at radius 3 is 2.20 bits per heavy atom. The average Bonchev–Trinajstić information content (AvgIpc) is 2.69. The molecular formula is C6H13NO3. The topological polar surface area (TPSA) is 83.5 Å². The van der Waals surface area contributed by atoms with E-state index in [-0.39, 0.29) is 19.1 Å². The predicted octanol–water partition coefficient (Wildman–Crippen LogP) is -0.583. The van der Waals surface area contributed by atoms with Crippen LogP contribution in [0.4, 0.5) is 0 Å². The van der Waals surface area contributed by atoms with Gasteiger partial charge in [-0.05, 0) is 18.8 Å². The monoisotopic (exact) mass is 147 g/mol. The Morgan fingerprint density at radius 2 is 2.10 bits per heavy atom. The highest BCUT2D eigenvalue weighted by molar-refractivity contribution is 5.32. The van der Waals surface area contributed by atoms with Crippen LogP contribution in [0.25, 0.3) is 0 Å². The van der Waals surface area contributed by atoms with Crippen LogP contribution >= 0.6 is 0 Å². The van der Waals surface area contributed by atoms with Crippen LogP contribution in [-0.4, -0.2) is 29.3 Å². The van der Waals surface area contributed by atoms with Crippen molar-refractivity contribution in [2.24, 2.45) is 11.7 Å². The number of carbonyl (C=O) groups is 1. The maximum atomic E-state index is 8.42. The molecule has 0 amide bonds. The molecule has 0 aromatic rings. The number of hydrogen-bond acceptors (Lipinski definition) is 3. The Bertz CT molecular complexity index is 93.0. The summed E-state index contributed by atoms with van der Waals surface area (Å²) in [4.78, 5) is 8.36. The van der Waals surface area contributed by atoms with E-state index in [4.69, 9.17) is 20.7 Å². The minimum atomic E-state index is -0.250. The van der Waals surface area contributed by atoms with Crippen molar-refractivity contribution in [1.82, 2.24) is 0 Å². The zero-order valence-corrected chi connectivity index (χ0v) is 5.73. The van der Waals surface area contributed by atoms with Gasteiger partial charge in [-0.3, -0.25) is 4.79 Å². The summed E-state index contributed by atoms with van der Waals surface area (Å²) < 4.78 is 0. The zero-order chi connectivity index (χ0) is 7.98. The van der Waals surface area contributed by atoms with Crippen molar-refractivity contribution >= 4 is 6.47 Å². The molecule has 10 heavy (non-hydrogen) atoms. The number of carboxylic acid groups (broad SMARTS) is 1. The molecule has 0 saturated heterocycles. The number of aliphatic hydroxyl groups excluding tert-OH is 1. The summed E-state index contributed by atoms with van der Waals surface area (Å²) in [6, 6.07) is 0.0694. The molecule has 4 heteroatoms. The molecule has 4 nitrogen and oxygen atoms in total. The van der Waals surface area contributed by atoms with Crippen molar-refractivity contribution in [3.63, 3.8) is 0 Å². The van der Waals surface area contributed by atoms with E-state index in [0.29, 0.717) is 5.92 Å². The summed E-state index contributed by atoms with van der Waals surface area (Å²) in [6.07, 6.45) is 2.45. The number of rotatable bonds is 2. The highest BCUT2D eigenvalue weighted by Crippen LogP contribution is 2.30. The summed E-state index contributed by atoms with van der Waals surface area (Å²) >= 11 is 0. The SMILES string of the molecule is NC(CO)C1CC1.O=CO. The van der Waals surface area contributed by atoms with E-state index in [1.165, 1.54) is 12.8 Å². The van der Waals surface area contributed by atoms with E-state index in [2.05, 4.69) is 0 Å². The number of hydrogen-bond donors (Lipinski definition) is 3. The van der Waals surface area contributed by atoms with Crippen LogP contribution in [0.1, 0.15) is 12.8 Å². The van der Waals surface area contributed by atoms with Gasteiger partial charge in [0.15, 0.2) is 0 Å². The minimum absolute atomic E-state index is 0.0694. The quantitative estimate of drug-likeness (QED) is 0.456. The van der Waals surface area contributed by atoms with Crippen LogP contribution in [0.15, 0.2) is 0 Å². The van der Waals surface area contributed by atoms with E-state index in [0.717, 1.165) is 0 Å². The summed E-state index contributed by atoms with van der Waals surface area (Å²) in [6.45, 7) is -0.0926. The molecule has 0 bridgehead atoms. The third-order valence-corrected chi connectivity index (χ3v) is 1.44. The van der Waals surface area contributed by atoms with Crippen LogP contribution in [0.2, 0.25) is 0 Å². The molecule has 1 rings (SSSR count). The van der Waals surface area contributed by atoms with Crippen molar-refractivity contribution in [2.75, 3.05) is 6.61 Å². The van der Waals surface area contributed by atoms with Gasteiger partial charge in [0.05, 0.1) is 6.61 Å². The third-order valence-electron chi connectivity index (χ3n) is 1.44. The van der Waals surface area contributed by atoms with Gasteiger partial charge in [0.2, 0.25) is 0 Å². The molecule has 1 aliphatic rings. The van der Waals surface area contributed by atoms with Crippen LogP contribution in [0, 0.1) is 5.92 Å². The van der Waals surface area contributed by atoms with Gasteiger partial charge in [0.1, 0.15) is 0 Å². The average molecular weight is 147 g/mol. The van der Waals surface area contributed by atoms with Gasteiger partial charge in [-0.15, -0.1) is 0 Å². The van der Waals surface area contributed by atoms with Crippen LogP contribution in [0.3, 0.4) is 0 Å².